The maximum absolute atomic E-state index is 5.83. The quantitative estimate of drug-likeness (QED) is 0.686. The Morgan fingerprint density at radius 2 is 1.65 bits per heavy atom. The van der Waals surface area contributed by atoms with E-state index in [1.165, 1.54) is 0 Å². The summed E-state index contributed by atoms with van der Waals surface area (Å²) in [6, 6.07) is 16.0. The highest BCUT2D eigenvalue weighted by Crippen LogP contribution is 2.23. The predicted octanol–water partition coefficient (Wildman–Crippen LogP) is 4.16. The molecule has 0 spiro atoms. The Balaban J connectivity index is 1.65. The number of aryl methyl sites for hydroxylation is 1. The van der Waals surface area contributed by atoms with Crippen LogP contribution in [0.25, 0.3) is 11.3 Å². The van der Waals surface area contributed by atoms with Crippen molar-refractivity contribution in [2.24, 2.45) is 0 Å². The summed E-state index contributed by atoms with van der Waals surface area (Å²) >= 11 is 0. The summed E-state index contributed by atoms with van der Waals surface area (Å²) in [5, 5.41) is 0. The van der Waals surface area contributed by atoms with Crippen LogP contribution in [0.2, 0.25) is 0 Å². The number of nitrogens with zero attached hydrogens (tertiary/aromatic N) is 2. The van der Waals surface area contributed by atoms with Crippen LogP contribution in [0, 0.1) is 0 Å². The molecule has 0 aliphatic carbocycles. The third kappa shape index (κ3) is 3.54. The Hall–Kier alpha value is -2.75. The van der Waals surface area contributed by atoms with E-state index in [4.69, 9.17) is 9.47 Å². The fourth-order valence-electron chi connectivity index (χ4n) is 2.42. The van der Waals surface area contributed by atoms with Crippen molar-refractivity contribution in [3.63, 3.8) is 0 Å². The van der Waals surface area contributed by atoms with Crippen molar-refractivity contribution in [3.05, 3.63) is 66.6 Å². The van der Waals surface area contributed by atoms with Crippen molar-refractivity contribution in [2.45, 2.75) is 20.1 Å². The van der Waals surface area contributed by atoms with Crippen molar-refractivity contribution in [3.8, 4) is 22.8 Å². The highest BCUT2D eigenvalue weighted by atomic mass is 16.5. The normalized spacial score (nSPS) is 10.5. The molecule has 4 nitrogen and oxygen atoms in total. The first kappa shape index (κ1) is 15.2. The summed E-state index contributed by atoms with van der Waals surface area (Å²) in [5.74, 6) is 1.71. The second-order valence-electron chi connectivity index (χ2n) is 5.23. The minimum absolute atomic E-state index is 0.538. The predicted molar refractivity (Wildman–Crippen MR) is 90.7 cm³/mol. The average molecular weight is 308 g/mol. The summed E-state index contributed by atoms with van der Waals surface area (Å²) in [5.41, 5.74) is 3.37. The smallest absolute Gasteiger partial charge is 0.119 e. The number of imidazole rings is 1. The Morgan fingerprint density at radius 1 is 0.957 bits per heavy atom. The maximum Gasteiger partial charge on any atom is 0.119 e. The molecule has 0 radical (unpaired) electrons. The Morgan fingerprint density at radius 3 is 2.30 bits per heavy atom. The van der Waals surface area contributed by atoms with E-state index in [-0.39, 0.29) is 0 Å². The van der Waals surface area contributed by atoms with Gasteiger partial charge in [0, 0.05) is 12.1 Å². The SMILES string of the molecule is CCn1cncc1-c1ccc(OCc2ccc(OC)cc2)cc1. The molecule has 1 heterocycles. The first-order chi connectivity index (χ1) is 11.3. The first-order valence-corrected chi connectivity index (χ1v) is 7.66. The van der Waals surface area contributed by atoms with Crippen LogP contribution in [0.5, 0.6) is 11.5 Å². The van der Waals surface area contributed by atoms with Crippen LogP contribution < -0.4 is 9.47 Å². The molecule has 0 unspecified atom stereocenters. The van der Waals surface area contributed by atoms with Gasteiger partial charge in [-0.1, -0.05) is 12.1 Å². The van der Waals surface area contributed by atoms with Gasteiger partial charge in [0.1, 0.15) is 18.1 Å². The minimum Gasteiger partial charge on any atom is -0.497 e. The monoisotopic (exact) mass is 308 g/mol. The van der Waals surface area contributed by atoms with Gasteiger partial charge in [0.05, 0.1) is 25.3 Å². The Bertz CT molecular complexity index is 746. The molecule has 23 heavy (non-hydrogen) atoms. The minimum atomic E-state index is 0.538. The zero-order valence-corrected chi connectivity index (χ0v) is 13.4. The topological polar surface area (TPSA) is 36.3 Å². The average Bonchev–Trinajstić information content (AvgIpc) is 3.09. The maximum atomic E-state index is 5.83. The molecule has 0 saturated heterocycles. The van der Waals surface area contributed by atoms with Crippen LogP contribution in [0.1, 0.15) is 12.5 Å². The molecule has 0 saturated carbocycles. The fraction of sp³-hybridized carbons (Fsp3) is 0.211. The number of hydrogen-bond acceptors (Lipinski definition) is 3. The standard InChI is InChI=1S/C19H20N2O2/c1-3-21-14-20-12-19(21)16-6-10-18(11-7-16)23-13-15-4-8-17(22-2)9-5-15/h4-12,14H,3,13H2,1-2H3. The summed E-state index contributed by atoms with van der Waals surface area (Å²) in [6.45, 7) is 3.55. The molecule has 2 aromatic carbocycles. The van der Waals surface area contributed by atoms with Crippen LogP contribution in [-0.4, -0.2) is 16.7 Å². The first-order valence-electron chi connectivity index (χ1n) is 7.66. The van der Waals surface area contributed by atoms with E-state index in [1.54, 1.807) is 7.11 Å². The van der Waals surface area contributed by atoms with E-state index in [2.05, 4.69) is 28.6 Å². The number of methoxy groups -OCH3 is 1. The Labute approximate surface area is 136 Å². The van der Waals surface area contributed by atoms with E-state index in [0.717, 1.165) is 34.9 Å². The summed E-state index contributed by atoms with van der Waals surface area (Å²) in [4.78, 5) is 4.20. The van der Waals surface area contributed by atoms with Gasteiger partial charge in [-0.3, -0.25) is 0 Å². The number of benzene rings is 2. The second-order valence-corrected chi connectivity index (χ2v) is 5.23. The third-order valence-corrected chi connectivity index (χ3v) is 3.77. The molecule has 0 aliphatic heterocycles. The molecule has 4 heteroatoms. The van der Waals surface area contributed by atoms with Crippen LogP contribution in [0.4, 0.5) is 0 Å². The van der Waals surface area contributed by atoms with Crippen LogP contribution in [-0.2, 0) is 13.2 Å². The van der Waals surface area contributed by atoms with Gasteiger partial charge in [0.15, 0.2) is 0 Å². The van der Waals surface area contributed by atoms with Gasteiger partial charge in [-0.15, -0.1) is 0 Å². The van der Waals surface area contributed by atoms with E-state index < -0.39 is 0 Å². The lowest BCUT2D eigenvalue weighted by Gasteiger charge is -2.09. The van der Waals surface area contributed by atoms with E-state index >= 15 is 0 Å². The van der Waals surface area contributed by atoms with Gasteiger partial charge >= 0.3 is 0 Å². The number of hydrogen-bond donors (Lipinski definition) is 0. The third-order valence-electron chi connectivity index (χ3n) is 3.77. The molecule has 0 aliphatic rings. The number of aromatic nitrogens is 2. The van der Waals surface area contributed by atoms with Gasteiger partial charge in [0.2, 0.25) is 0 Å². The van der Waals surface area contributed by atoms with Crippen molar-refractivity contribution in [2.75, 3.05) is 7.11 Å². The molecular weight excluding hydrogens is 288 g/mol. The number of ether oxygens (including phenoxy) is 2. The largest absolute Gasteiger partial charge is 0.497 e. The molecular formula is C19H20N2O2. The number of rotatable bonds is 6. The van der Waals surface area contributed by atoms with Crippen molar-refractivity contribution in [1.29, 1.82) is 0 Å². The lowest BCUT2D eigenvalue weighted by molar-refractivity contribution is 0.306. The van der Waals surface area contributed by atoms with E-state index in [9.17, 15) is 0 Å². The molecule has 118 valence electrons. The van der Waals surface area contributed by atoms with Gasteiger partial charge in [-0.05, 0) is 48.9 Å². The molecule has 0 amide bonds. The second kappa shape index (κ2) is 7.01. The van der Waals surface area contributed by atoms with Crippen molar-refractivity contribution >= 4 is 0 Å². The zero-order valence-electron chi connectivity index (χ0n) is 13.4. The highest BCUT2D eigenvalue weighted by Gasteiger charge is 2.04. The highest BCUT2D eigenvalue weighted by molar-refractivity contribution is 5.59. The molecule has 3 aromatic rings. The van der Waals surface area contributed by atoms with Crippen LogP contribution >= 0.6 is 0 Å². The van der Waals surface area contributed by atoms with E-state index in [0.29, 0.717) is 6.61 Å². The molecule has 0 N–H and O–H groups in total. The van der Waals surface area contributed by atoms with Crippen LogP contribution in [0.15, 0.2) is 61.1 Å². The van der Waals surface area contributed by atoms with Gasteiger partial charge in [-0.2, -0.15) is 0 Å². The summed E-state index contributed by atoms with van der Waals surface area (Å²) in [7, 11) is 1.66. The fourth-order valence-corrected chi connectivity index (χ4v) is 2.42. The lowest BCUT2D eigenvalue weighted by atomic mass is 10.1. The lowest BCUT2D eigenvalue weighted by Crippen LogP contribution is -1.96. The zero-order chi connectivity index (χ0) is 16.1. The molecule has 1 aromatic heterocycles. The summed E-state index contributed by atoms with van der Waals surface area (Å²) < 4.78 is 13.1. The van der Waals surface area contributed by atoms with Crippen molar-refractivity contribution in [1.82, 2.24) is 9.55 Å². The molecule has 0 atom stereocenters. The summed E-state index contributed by atoms with van der Waals surface area (Å²) in [6.07, 6.45) is 3.74. The van der Waals surface area contributed by atoms with Gasteiger partial charge < -0.3 is 14.0 Å². The van der Waals surface area contributed by atoms with Crippen LogP contribution in [0.3, 0.4) is 0 Å². The molecule has 0 fully saturated rings. The van der Waals surface area contributed by atoms with E-state index in [1.807, 2.05) is 48.9 Å². The molecule has 3 rings (SSSR count). The van der Waals surface area contributed by atoms with Crippen molar-refractivity contribution < 1.29 is 9.47 Å². The Kier molecular flexibility index (Phi) is 4.62. The van der Waals surface area contributed by atoms with Gasteiger partial charge in [0.25, 0.3) is 0 Å². The molecule has 0 bridgehead atoms. The van der Waals surface area contributed by atoms with Gasteiger partial charge in [-0.25, -0.2) is 4.98 Å².